The van der Waals surface area contributed by atoms with E-state index in [4.69, 9.17) is 11.2 Å². The number of hydrogen-bond acceptors (Lipinski definition) is 2. The molecule has 0 aliphatic carbocycles. The van der Waals surface area contributed by atoms with E-state index < -0.39 is 5.60 Å². The molecule has 0 radical (unpaired) electrons. The molecule has 0 aromatic rings. The fourth-order valence-electron chi connectivity index (χ4n) is 2.11. The van der Waals surface area contributed by atoms with Crippen molar-refractivity contribution >= 4 is 0 Å². The van der Waals surface area contributed by atoms with Gasteiger partial charge < -0.3 is 9.84 Å². The molecule has 1 N–H and O–H groups in total. The number of ether oxygens (including phenoxy) is 1. The van der Waals surface area contributed by atoms with Gasteiger partial charge in [-0.1, -0.05) is 13.8 Å². The molecule has 0 aromatic heterocycles. The van der Waals surface area contributed by atoms with Gasteiger partial charge in [-0.05, 0) is 25.2 Å². The van der Waals surface area contributed by atoms with Gasteiger partial charge in [0, 0.05) is 19.4 Å². The topological polar surface area (TPSA) is 29.5 Å². The van der Waals surface area contributed by atoms with Crippen molar-refractivity contribution in [2.45, 2.75) is 57.7 Å². The van der Waals surface area contributed by atoms with Crippen LogP contribution in [0.25, 0.3) is 0 Å². The van der Waals surface area contributed by atoms with E-state index >= 15 is 0 Å². The largest absolute Gasteiger partial charge is 0.390 e. The first-order valence-corrected chi connectivity index (χ1v) is 5.85. The fraction of sp³-hybridized carbons (Fsp3) is 0.846. The van der Waals surface area contributed by atoms with Gasteiger partial charge in [0.25, 0.3) is 0 Å². The summed E-state index contributed by atoms with van der Waals surface area (Å²) in [6.45, 7) is 4.95. The third kappa shape index (κ3) is 3.85. The molecule has 86 valence electrons. The Morgan fingerprint density at radius 1 is 1.60 bits per heavy atom. The van der Waals surface area contributed by atoms with E-state index in [9.17, 15) is 5.11 Å². The fourth-order valence-corrected chi connectivity index (χ4v) is 2.11. The van der Waals surface area contributed by atoms with E-state index in [1.54, 1.807) is 0 Å². The molecular weight excluding hydrogens is 188 g/mol. The summed E-state index contributed by atoms with van der Waals surface area (Å²) in [6, 6.07) is 0. The van der Waals surface area contributed by atoms with Gasteiger partial charge in [0.2, 0.25) is 0 Å². The molecule has 1 aliphatic heterocycles. The zero-order valence-electron chi connectivity index (χ0n) is 9.83. The second-order valence-corrected chi connectivity index (χ2v) is 4.89. The molecule has 1 saturated heterocycles. The Morgan fingerprint density at radius 2 is 2.33 bits per heavy atom. The minimum Gasteiger partial charge on any atom is -0.390 e. The van der Waals surface area contributed by atoms with E-state index in [0.717, 1.165) is 32.1 Å². The smallest absolute Gasteiger partial charge is 0.0694 e. The molecule has 1 rings (SSSR count). The second kappa shape index (κ2) is 5.53. The van der Waals surface area contributed by atoms with Crippen molar-refractivity contribution in [3.05, 3.63) is 0 Å². The van der Waals surface area contributed by atoms with Gasteiger partial charge in [-0.15, -0.1) is 12.3 Å². The van der Waals surface area contributed by atoms with Crippen molar-refractivity contribution < 1.29 is 9.84 Å². The lowest BCUT2D eigenvalue weighted by atomic mass is 9.83. The highest BCUT2D eigenvalue weighted by Crippen LogP contribution is 2.32. The van der Waals surface area contributed by atoms with Gasteiger partial charge in [-0.2, -0.15) is 0 Å². The summed E-state index contributed by atoms with van der Waals surface area (Å²) in [4.78, 5) is 0. The molecule has 1 fully saturated rings. The summed E-state index contributed by atoms with van der Waals surface area (Å²) in [5.74, 6) is 3.09. The molecule has 0 bridgehead atoms. The molecule has 15 heavy (non-hydrogen) atoms. The van der Waals surface area contributed by atoms with E-state index in [1.807, 2.05) is 0 Å². The van der Waals surface area contributed by atoms with Crippen molar-refractivity contribution in [2.24, 2.45) is 5.92 Å². The highest BCUT2D eigenvalue weighted by Gasteiger charge is 2.35. The SMILES string of the molecule is C#CCCCC1(O)CCOC(C(C)C)C1. The molecule has 1 aliphatic rings. The van der Waals surface area contributed by atoms with Crippen molar-refractivity contribution in [3.8, 4) is 12.3 Å². The molecule has 2 nitrogen and oxygen atoms in total. The van der Waals surface area contributed by atoms with Crippen LogP contribution < -0.4 is 0 Å². The summed E-state index contributed by atoms with van der Waals surface area (Å²) < 4.78 is 5.64. The van der Waals surface area contributed by atoms with Crippen molar-refractivity contribution in [1.82, 2.24) is 0 Å². The van der Waals surface area contributed by atoms with E-state index in [0.29, 0.717) is 12.5 Å². The van der Waals surface area contributed by atoms with Crippen LogP contribution in [0.1, 0.15) is 46.0 Å². The molecule has 0 aromatic carbocycles. The number of hydrogen-bond donors (Lipinski definition) is 1. The average molecular weight is 210 g/mol. The summed E-state index contributed by atoms with van der Waals surface area (Å²) in [6.07, 6.45) is 9.40. The number of unbranched alkanes of at least 4 members (excludes halogenated alkanes) is 1. The Hall–Kier alpha value is -0.520. The predicted molar refractivity (Wildman–Crippen MR) is 61.4 cm³/mol. The van der Waals surface area contributed by atoms with Gasteiger partial charge in [-0.25, -0.2) is 0 Å². The van der Waals surface area contributed by atoms with Crippen LogP contribution in [0.4, 0.5) is 0 Å². The summed E-state index contributed by atoms with van der Waals surface area (Å²) in [7, 11) is 0. The first-order valence-electron chi connectivity index (χ1n) is 5.85. The maximum Gasteiger partial charge on any atom is 0.0694 e. The first-order chi connectivity index (χ1) is 7.07. The van der Waals surface area contributed by atoms with Crippen molar-refractivity contribution in [2.75, 3.05) is 6.61 Å². The zero-order valence-corrected chi connectivity index (χ0v) is 9.83. The highest BCUT2D eigenvalue weighted by molar-refractivity contribution is 4.89. The monoisotopic (exact) mass is 210 g/mol. The van der Waals surface area contributed by atoms with Crippen molar-refractivity contribution in [1.29, 1.82) is 0 Å². The van der Waals surface area contributed by atoms with Crippen LogP contribution in [0.5, 0.6) is 0 Å². The van der Waals surface area contributed by atoms with Gasteiger partial charge in [0.05, 0.1) is 11.7 Å². The summed E-state index contributed by atoms with van der Waals surface area (Å²) in [5.41, 5.74) is -0.538. The van der Waals surface area contributed by atoms with Crippen LogP contribution >= 0.6 is 0 Å². The maximum atomic E-state index is 10.4. The average Bonchev–Trinajstić information content (AvgIpc) is 2.18. The van der Waals surface area contributed by atoms with E-state index in [-0.39, 0.29) is 6.10 Å². The third-order valence-corrected chi connectivity index (χ3v) is 3.19. The molecule has 0 spiro atoms. The minimum atomic E-state index is -0.538. The Balaban J connectivity index is 2.42. The summed E-state index contributed by atoms with van der Waals surface area (Å²) in [5, 5.41) is 10.4. The Morgan fingerprint density at radius 3 is 2.93 bits per heavy atom. The van der Waals surface area contributed by atoms with Crippen LogP contribution in [-0.2, 0) is 4.74 Å². The highest BCUT2D eigenvalue weighted by atomic mass is 16.5. The van der Waals surface area contributed by atoms with Gasteiger partial charge in [0.15, 0.2) is 0 Å². The lowest BCUT2D eigenvalue weighted by molar-refractivity contribution is -0.120. The predicted octanol–water partition coefficient (Wildman–Crippen LogP) is 2.36. The molecule has 2 atom stereocenters. The van der Waals surface area contributed by atoms with Gasteiger partial charge in [0.1, 0.15) is 0 Å². The minimum absolute atomic E-state index is 0.203. The van der Waals surface area contributed by atoms with Crippen LogP contribution in [0.3, 0.4) is 0 Å². The molecule has 0 saturated carbocycles. The van der Waals surface area contributed by atoms with Crippen LogP contribution in [0.15, 0.2) is 0 Å². The third-order valence-electron chi connectivity index (χ3n) is 3.19. The number of terminal acetylenes is 1. The lowest BCUT2D eigenvalue weighted by Crippen LogP contribution is -2.42. The van der Waals surface area contributed by atoms with Crippen LogP contribution in [0, 0.1) is 18.3 Å². The number of rotatable bonds is 4. The lowest BCUT2D eigenvalue weighted by Gasteiger charge is -2.38. The van der Waals surface area contributed by atoms with Crippen LogP contribution in [-0.4, -0.2) is 23.4 Å². The van der Waals surface area contributed by atoms with E-state index in [2.05, 4.69) is 19.8 Å². The molecule has 2 heteroatoms. The normalized spacial score (nSPS) is 31.5. The van der Waals surface area contributed by atoms with Crippen molar-refractivity contribution in [3.63, 3.8) is 0 Å². The molecule has 1 heterocycles. The maximum absolute atomic E-state index is 10.4. The van der Waals surface area contributed by atoms with Gasteiger partial charge >= 0.3 is 0 Å². The van der Waals surface area contributed by atoms with E-state index in [1.165, 1.54) is 0 Å². The standard InChI is InChI=1S/C13H22O2/c1-4-5-6-7-13(14)8-9-15-12(10-13)11(2)3/h1,11-12,14H,5-10H2,2-3H3. The molecular formula is C13H22O2. The number of aliphatic hydroxyl groups is 1. The zero-order chi connectivity index (χ0) is 11.3. The first kappa shape index (κ1) is 12.5. The quantitative estimate of drug-likeness (QED) is 0.570. The van der Waals surface area contributed by atoms with Gasteiger partial charge in [-0.3, -0.25) is 0 Å². The second-order valence-electron chi connectivity index (χ2n) is 4.89. The van der Waals surface area contributed by atoms with Crippen LogP contribution in [0.2, 0.25) is 0 Å². The Labute approximate surface area is 93.0 Å². The molecule has 0 amide bonds. The Bertz CT molecular complexity index is 229. The summed E-state index contributed by atoms with van der Waals surface area (Å²) >= 11 is 0. The molecule has 2 unspecified atom stereocenters. The Kier molecular flexibility index (Phi) is 4.63.